The Morgan fingerprint density at radius 1 is 1.56 bits per heavy atom. The highest BCUT2D eigenvalue weighted by molar-refractivity contribution is 6.30. The van der Waals surface area contributed by atoms with Gasteiger partial charge in [0.1, 0.15) is 5.82 Å². The Labute approximate surface area is 101 Å². The van der Waals surface area contributed by atoms with Crippen LogP contribution in [0.2, 0.25) is 5.02 Å². The van der Waals surface area contributed by atoms with Gasteiger partial charge in [0.25, 0.3) is 0 Å². The highest BCUT2D eigenvalue weighted by Crippen LogP contribution is 2.38. The minimum absolute atomic E-state index is 0.429. The van der Waals surface area contributed by atoms with Crippen LogP contribution in [-0.4, -0.2) is 11.0 Å². The van der Waals surface area contributed by atoms with E-state index in [9.17, 15) is 0 Å². The SMILES string of the molecule is CC1(C)CCC(Nc2ncc(Cl)cc2N)C1. The van der Waals surface area contributed by atoms with Crippen LogP contribution in [0, 0.1) is 5.41 Å². The number of aromatic nitrogens is 1. The van der Waals surface area contributed by atoms with Crippen molar-refractivity contribution in [1.82, 2.24) is 4.98 Å². The van der Waals surface area contributed by atoms with Crippen LogP contribution in [0.1, 0.15) is 33.1 Å². The molecule has 2 rings (SSSR count). The van der Waals surface area contributed by atoms with Crippen molar-refractivity contribution in [2.24, 2.45) is 5.41 Å². The van der Waals surface area contributed by atoms with Crippen LogP contribution >= 0.6 is 11.6 Å². The highest BCUT2D eigenvalue weighted by atomic mass is 35.5. The molecule has 1 heterocycles. The lowest BCUT2D eigenvalue weighted by Gasteiger charge is -2.18. The molecule has 0 amide bonds. The molecule has 0 bridgehead atoms. The van der Waals surface area contributed by atoms with Crippen LogP contribution < -0.4 is 11.1 Å². The molecule has 1 aromatic rings. The molecular weight excluding hydrogens is 222 g/mol. The Morgan fingerprint density at radius 3 is 2.88 bits per heavy atom. The van der Waals surface area contributed by atoms with Gasteiger partial charge in [-0.3, -0.25) is 0 Å². The van der Waals surface area contributed by atoms with Crippen LogP contribution in [0.3, 0.4) is 0 Å². The fraction of sp³-hybridized carbons (Fsp3) is 0.583. The van der Waals surface area contributed by atoms with Gasteiger partial charge in [0.05, 0.1) is 10.7 Å². The van der Waals surface area contributed by atoms with Gasteiger partial charge in [-0.2, -0.15) is 0 Å². The van der Waals surface area contributed by atoms with Gasteiger partial charge in [-0.25, -0.2) is 4.98 Å². The summed E-state index contributed by atoms with van der Waals surface area (Å²) in [5.74, 6) is 0.757. The quantitative estimate of drug-likeness (QED) is 0.833. The first-order valence-electron chi connectivity index (χ1n) is 5.64. The largest absolute Gasteiger partial charge is 0.396 e. The van der Waals surface area contributed by atoms with E-state index >= 15 is 0 Å². The molecule has 1 saturated carbocycles. The maximum absolute atomic E-state index is 5.86. The number of hydrogen-bond donors (Lipinski definition) is 2. The Morgan fingerprint density at radius 2 is 2.31 bits per heavy atom. The van der Waals surface area contributed by atoms with Crippen molar-refractivity contribution < 1.29 is 0 Å². The van der Waals surface area contributed by atoms with E-state index in [0.29, 0.717) is 22.2 Å². The second-order valence-electron chi connectivity index (χ2n) is 5.34. The summed E-state index contributed by atoms with van der Waals surface area (Å²) in [7, 11) is 0. The third-order valence-electron chi connectivity index (χ3n) is 3.19. The molecule has 1 aromatic heterocycles. The van der Waals surface area contributed by atoms with E-state index in [1.165, 1.54) is 12.8 Å². The number of pyridine rings is 1. The molecule has 0 radical (unpaired) electrons. The Hall–Kier alpha value is -0.960. The lowest BCUT2D eigenvalue weighted by atomic mass is 9.92. The zero-order valence-corrected chi connectivity index (χ0v) is 10.5. The van der Waals surface area contributed by atoms with Crippen LogP contribution in [-0.2, 0) is 0 Å². The number of anilines is 2. The minimum Gasteiger partial charge on any atom is -0.396 e. The lowest BCUT2D eigenvalue weighted by Crippen LogP contribution is -2.19. The van der Waals surface area contributed by atoms with Crippen LogP contribution in [0.4, 0.5) is 11.5 Å². The molecule has 1 atom stereocenters. The average Bonchev–Trinajstić information content (AvgIpc) is 2.51. The molecule has 0 aliphatic heterocycles. The van der Waals surface area contributed by atoms with E-state index in [2.05, 4.69) is 24.1 Å². The number of nitrogens with zero attached hydrogens (tertiary/aromatic N) is 1. The number of nitrogen functional groups attached to an aromatic ring is 1. The Bertz CT molecular complexity index is 390. The first-order valence-corrected chi connectivity index (χ1v) is 6.02. The zero-order chi connectivity index (χ0) is 11.8. The van der Waals surface area contributed by atoms with Crippen molar-refractivity contribution in [2.45, 2.75) is 39.2 Å². The van der Waals surface area contributed by atoms with E-state index in [-0.39, 0.29) is 0 Å². The lowest BCUT2D eigenvalue weighted by molar-refractivity contribution is 0.378. The van der Waals surface area contributed by atoms with Crippen molar-refractivity contribution in [3.63, 3.8) is 0 Å². The number of rotatable bonds is 2. The normalized spacial score (nSPS) is 23.3. The van der Waals surface area contributed by atoms with Gasteiger partial charge in [-0.1, -0.05) is 25.4 Å². The summed E-state index contributed by atoms with van der Waals surface area (Å²) in [6.07, 6.45) is 5.21. The molecule has 0 spiro atoms. The smallest absolute Gasteiger partial charge is 0.149 e. The Kier molecular flexibility index (Phi) is 2.98. The summed E-state index contributed by atoms with van der Waals surface area (Å²) >= 11 is 5.81. The van der Waals surface area contributed by atoms with Gasteiger partial charge in [0.15, 0.2) is 0 Å². The predicted octanol–water partition coefficient (Wildman–Crippen LogP) is 3.31. The molecule has 1 fully saturated rings. The second-order valence-corrected chi connectivity index (χ2v) is 5.78. The standard InChI is InChI=1S/C12H18ClN3/c1-12(2)4-3-9(6-12)16-11-10(14)5-8(13)7-15-11/h5,7,9H,3-4,6,14H2,1-2H3,(H,15,16). The maximum Gasteiger partial charge on any atom is 0.149 e. The van der Waals surface area contributed by atoms with Crippen molar-refractivity contribution in [1.29, 1.82) is 0 Å². The topological polar surface area (TPSA) is 50.9 Å². The summed E-state index contributed by atoms with van der Waals surface area (Å²) < 4.78 is 0. The first-order chi connectivity index (χ1) is 7.46. The number of hydrogen-bond acceptors (Lipinski definition) is 3. The monoisotopic (exact) mass is 239 g/mol. The molecule has 16 heavy (non-hydrogen) atoms. The number of nitrogens with two attached hydrogens (primary N) is 1. The fourth-order valence-corrected chi connectivity index (χ4v) is 2.49. The molecule has 1 unspecified atom stereocenters. The van der Waals surface area contributed by atoms with E-state index in [0.717, 1.165) is 12.2 Å². The zero-order valence-electron chi connectivity index (χ0n) is 9.76. The fourth-order valence-electron chi connectivity index (χ4n) is 2.33. The molecule has 0 aromatic carbocycles. The molecule has 88 valence electrons. The molecule has 1 aliphatic carbocycles. The maximum atomic E-state index is 5.86. The van der Waals surface area contributed by atoms with Gasteiger partial charge < -0.3 is 11.1 Å². The second kappa shape index (κ2) is 4.13. The predicted molar refractivity (Wildman–Crippen MR) is 68.7 cm³/mol. The van der Waals surface area contributed by atoms with Gasteiger partial charge >= 0.3 is 0 Å². The van der Waals surface area contributed by atoms with Crippen LogP contribution in [0.15, 0.2) is 12.3 Å². The summed E-state index contributed by atoms with van der Waals surface area (Å²) in [6.45, 7) is 4.60. The van der Waals surface area contributed by atoms with E-state index in [1.54, 1.807) is 12.3 Å². The summed E-state index contributed by atoms with van der Waals surface area (Å²) in [5, 5.41) is 3.98. The van der Waals surface area contributed by atoms with Gasteiger partial charge in [-0.05, 0) is 30.7 Å². The first kappa shape index (κ1) is 11.5. The van der Waals surface area contributed by atoms with Crippen molar-refractivity contribution in [3.8, 4) is 0 Å². The number of halogens is 1. The average molecular weight is 240 g/mol. The van der Waals surface area contributed by atoms with Crippen molar-refractivity contribution in [2.75, 3.05) is 11.1 Å². The molecule has 3 N–H and O–H groups in total. The molecule has 1 aliphatic rings. The van der Waals surface area contributed by atoms with E-state index < -0.39 is 0 Å². The summed E-state index contributed by atoms with van der Waals surface area (Å²) in [4.78, 5) is 4.22. The third-order valence-corrected chi connectivity index (χ3v) is 3.40. The Balaban J connectivity index is 2.05. The van der Waals surface area contributed by atoms with Gasteiger partial charge in [0.2, 0.25) is 0 Å². The molecule has 0 saturated heterocycles. The number of nitrogens with one attached hydrogen (secondary N) is 1. The van der Waals surface area contributed by atoms with Crippen LogP contribution in [0.25, 0.3) is 0 Å². The van der Waals surface area contributed by atoms with E-state index in [4.69, 9.17) is 17.3 Å². The molecular formula is C12H18ClN3. The van der Waals surface area contributed by atoms with E-state index in [1.807, 2.05) is 0 Å². The molecule has 4 heteroatoms. The van der Waals surface area contributed by atoms with Crippen molar-refractivity contribution >= 4 is 23.1 Å². The highest BCUT2D eigenvalue weighted by Gasteiger charge is 2.31. The minimum atomic E-state index is 0.429. The summed E-state index contributed by atoms with van der Waals surface area (Å²) in [5.41, 5.74) is 6.91. The molecule has 3 nitrogen and oxygen atoms in total. The third kappa shape index (κ3) is 2.59. The van der Waals surface area contributed by atoms with Crippen LogP contribution in [0.5, 0.6) is 0 Å². The van der Waals surface area contributed by atoms with Gasteiger partial charge in [-0.15, -0.1) is 0 Å². The van der Waals surface area contributed by atoms with Crippen molar-refractivity contribution in [3.05, 3.63) is 17.3 Å². The summed E-state index contributed by atoms with van der Waals surface area (Å²) in [6, 6.07) is 2.21. The van der Waals surface area contributed by atoms with Gasteiger partial charge in [0, 0.05) is 12.2 Å².